The lowest BCUT2D eigenvalue weighted by atomic mass is 9.90. The van der Waals surface area contributed by atoms with E-state index in [0.29, 0.717) is 17.4 Å². The number of carbonyl (C=O) groups is 2. The molecule has 0 bridgehead atoms. The predicted octanol–water partition coefficient (Wildman–Crippen LogP) is 2.59. The molecule has 0 aliphatic heterocycles. The maximum Gasteiger partial charge on any atom is 0.348 e. The minimum atomic E-state index is -0.509. The van der Waals surface area contributed by atoms with Crippen LogP contribution < -0.4 is 0 Å². The van der Waals surface area contributed by atoms with Gasteiger partial charge in [0.25, 0.3) is 0 Å². The lowest BCUT2D eigenvalue weighted by molar-refractivity contribution is -0.146. The third-order valence-electron chi connectivity index (χ3n) is 3.16. The van der Waals surface area contributed by atoms with Crippen LogP contribution in [0.25, 0.3) is 0 Å². The van der Waals surface area contributed by atoms with Crippen molar-refractivity contribution in [2.45, 2.75) is 33.1 Å². The molecule has 1 aromatic rings. The zero-order valence-electron chi connectivity index (χ0n) is 11.2. The standard InChI is InChI=1S/C14H18O4S/c1-3-17-13(15)8-18-14(16)12-7-10-6-9(2)4-5-11(10)19-12/h7,9H,3-6,8H2,1-2H3. The van der Waals surface area contributed by atoms with Gasteiger partial charge in [-0.2, -0.15) is 0 Å². The largest absolute Gasteiger partial charge is 0.463 e. The molecule has 5 heteroatoms. The third-order valence-corrected chi connectivity index (χ3v) is 4.37. The molecule has 4 nitrogen and oxygen atoms in total. The highest BCUT2D eigenvalue weighted by atomic mass is 32.1. The van der Waals surface area contributed by atoms with Crippen LogP contribution in [-0.2, 0) is 27.1 Å². The molecule has 0 fully saturated rings. The molecule has 1 aliphatic rings. The van der Waals surface area contributed by atoms with Crippen molar-refractivity contribution in [3.05, 3.63) is 21.4 Å². The molecule has 1 heterocycles. The first-order chi connectivity index (χ1) is 9.10. The first kappa shape index (κ1) is 14.1. The van der Waals surface area contributed by atoms with E-state index in [-0.39, 0.29) is 6.61 Å². The van der Waals surface area contributed by atoms with Gasteiger partial charge in [0.1, 0.15) is 4.88 Å². The number of carbonyl (C=O) groups excluding carboxylic acids is 2. The van der Waals surface area contributed by atoms with Gasteiger partial charge in [-0.3, -0.25) is 0 Å². The second kappa shape index (κ2) is 6.19. The van der Waals surface area contributed by atoms with Gasteiger partial charge in [0.15, 0.2) is 6.61 Å². The van der Waals surface area contributed by atoms with Gasteiger partial charge in [0, 0.05) is 4.88 Å². The summed E-state index contributed by atoms with van der Waals surface area (Å²) in [5.74, 6) is -0.267. The highest BCUT2D eigenvalue weighted by Crippen LogP contribution is 2.32. The van der Waals surface area contributed by atoms with Gasteiger partial charge < -0.3 is 9.47 Å². The number of esters is 2. The van der Waals surface area contributed by atoms with Crippen molar-refractivity contribution in [1.82, 2.24) is 0 Å². The van der Waals surface area contributed by atoms with Crippen molar-refractivity contribution in [2.24, 2.45) is 5.92 Å². The number of ether oxygens (including phenoxy) is 2. The Morgan fingerprint density at radius 1 is 1.42 bits per heavy atom. The number of hydrogen-bond acceptors (Lipinski definition) is 5. The molecule has 1 aromatic heterocycles. The van der Waals surface area contributed by atoms with Crippen molar-refractivity contribution in [3.8, 4) is 0 Å². The average Bonchev–Trinajstić information content (AvgIpc) is 2.79. The van der Waals surface area contributed by atoms with Crippen molar-refractivity contribution in [2.75, 3.05) is 13.2 Å². The van der Waals surface area contributed by atoms with Gasteiger partial charge in [-0.05, 0) is 43.7 Å². The third kappa shape index (κ3) is 3.56. The maximum absolute atomic E-state index is 11.8. The van der Waals surface area contributed by atoms with Gasteiger partial charge >= 0.3 is 11.9 Å². The molecule has 0 radical (unpaired) electrons. The zero-order valence-corrected chi connectivity index (χ0v) is 12.0. The molecule has 19 heavy (non-hydrogen) atoms. The van der Waals surface area contributed by atoms with Crippen LogP contribution in [0.15, 0.2) is 6.07 Å². The molecule has 0 saturated heterocycles. The molecule has 1 aliphatic carbocycles. The van der Waals surface area contributed by atoms with Crippen molar-refractivity contribution in [3.63, 3.8) is 0 Å². The Kier molecular flexibility index (Phi) is 4.58. The molecule has 0 N–H and O–H groups in total. The fourth-order valence-electron chi connectivity index (χ4n) is 2.20. The zero-order chi connectivity index (χ0) is 13.8. The summed E-state index contributed by atoms with van der Waals surface area (Å²) in [6.07, 6.45) is 3.23. The van der Waals surface area contributed by atoms with E-state index in [0.717, 1.165) is 12.8 Å². The lowest BCUT2D eigenvalue weighted by Gasteiger charge is -2.16. The van der Waals surface area contributed by atoms with Gasteiger partial charge in [-0.25, -0.2) is 9.59 Å². The molecule has 0 aromatic carbocycles. The summed E-state index contributed by atoms with van der Waals surface area (Å²) in [6, 6.07) is 1.91. The van der Waals surface area contributed by atoms with Crippen molar-refractivity contribution < 1.29 is 19.1 Å². The average molecular weight is 282 g/mol. The Hall–Kier alpha value is -1.36. The predicted molar refractivity (Wildman–Crippen MR) is 72.4 cm³/mol. The molecule has 104 valence electrons. The van der Waals surface area contributed by atoms with Gasteiger partial charge in [-0.1, -0.05) is 6.92 Å². The van der Waals surface area contributed by atoms with E-state index < -0.39 is 11.9 Å². The van der Waals surface area contributed by atoms with Crippen molar-refractivity contribution in [1.29, 1.82) is 0 Å². The van der Waals surface area contributed by atoms with E-state index in [1.165, 1.54) is 28.2 Å². The van der Waals surface area contributed by atoms with Crippen LogP contribution in [0.1, 0.15) is 40.4 Å². The number of rotatable bonds is 4. The number of hydrogen-bond donors (Lipinski definition) is 0. The van der Waals surface area contributed by atoms with Crippen LogP contribution in [0.4, 0.5) is 0 Å². The summed E-state index contributed by atoms with van der Waals surface area (Å²) in [4.78, 5) is 24.8. The summed E-state index contributed by atoms with van der Waals surface area (Å²) in [5, 5.41) is 0. The SMILES string of the molecule is CCOC(=O)COC(=O)c1cc2c(s1)CCC(C)C2. The van der Waals surface area contributed by atoms with Gasteiger partial charge in [0.05, 0.1) is 6.61 Å². The van der Waals surface area contributed by atoms with Crippen LogP contribution in [0.2, 0.25) is 0 Å². The van der Waals surface area contributed by atoms with Crippen molar-refractivity contribution >= 4 is 23.3 Å². The summed E-state index contributed by atoms with van der Waals surface area (Å²) < 4.78 is 9.65. The second-order valence-electron chi connectivity index (χ2n) is 4.79. The highest BCUT2D eigenvalue weighted by molar-refractivity contribution is 7.14. The first-order valence-electron chi connectivity index (χ1n) is 6.54. The summed E-state index contributed by atoms with van der Waals surface area (Å²) in [7, 11) is 0. The monoisotopic (exact) mass is 282 g/mol. The highest BCUT2D eigenvalue weighted by Gasteiger charge is 2.21. The number of thiophene rings is 1. The van der Waals surface area contributed by atoms with Crippen LogP contribution in [0.3, 0.4) is 0 Å². The number of aryl methyl sites for hydroxylation is 1. The Balaban J connectivity index is 1.95. The molecule has 1 unspecified atom stereocenters. The smallest absolute Gasteiger partial charge is 0.348 e. The maximum atomic E-state index is 11.8. The normalized spacial score (nSPS) is 17.7. The van der Waals surface area contributed by atoms with E-state index >= 15 is 0 Å². The summed E-state index contributed by atoms with van der Waals surface area (Å²) in [6.45, 7) is 3.92. The van der Waals surface area contributed by atoms with E-state index in [1.807, 2.05) is 6.07 Å². The van der Waals surface area contributed by atoms with Crippen LogP contribution in [0.5, 0.6) is 0 Å². The van der Waals surface area contributed by atoms with E-state index in [4.69, 9.17) is 9.47 Å². The van der Waals surface area contributed by atoms with E-state index in [1.54, 1.807) is 6.92 Å². The Morgan fingerprint density at radius 3 is 2.95 bits per heavy atom. The fraction of sp³-hybridized carbons (Fsp3) is 0.571. The van der Waals surface area contributed by atoms with Gasteiger partial charge in [-0.15, -0.1) is 11.3 Å². The molecule has 0 amide bonds. The quantitative estimate of drug-likeness (QED) is 0.797. The Morgan fingerprint density at radius 2 is 2.21 bits per heavy atom. The molecule has 0 saturated carbocycles. The first-order valence-corrected chi connectivity index (χ1v) is 7.36. The molecule has 2 rings (SSSR count). The minimum absolute atomic E-state index is 0.293. The fourth-order valence-corrected chi connectivity index (χ4v) is 3.31. The lowest BCUT2D eigenvalue weighted by Crippen LogP contribution is -2.15. The second-order valence-corrected chi connectivity index (χ2v) is 5.92. The van der Waals surface area contributed by atoms with E-state index in [9.17, 15) is 9.59 Å². The number of fused-ring (bicyclic) bond motifs is 1. The topological polar surface area (TPSA) is 52.6 Å². The van der Waals surface area contributed by atoms with Crippen LogP contribution in [0, 0.1) is 5.92 Å². The molecule has 1 atom stereocenters. The minimum Gasteiger partial charge on any atom is -0.463 e. The Bertz CT molecular complexity index is 478. The Labute approximate surface area is 116 Å². The molecular weight excluding hydrogens is 264 g/mol. The molecule has 0 spiro atoms. The molecular formula is C14H18O4S. The summed E-state index contributed by atoms with van der Waals surface area (Å²) in [5.41, 5.74) is 1.26. The van der Waals surface area contributed by atoms with Gasteiger partial charge in [0.2, 0.25) is 0 Å². The van der Waals surface area contributed by atoms with Crippen LogP contribution >= 0.6 is 11.3 Å². The van der Waals surface area contributed by atoms with Crippen LogP contribution in [-0.4, -0.2) is 25.2 Å². The van der Waals surface area contributed by atoms with E-state index in [2.05, 4.69) is 6.92 Å². The summed E-state index contributed by atoms with van der Waals surface area (Å²) >= 11 is 1.48.